The van der Waals surface area contributed by atoms with Gasteiger partial charge in [-0.15, -0.1) is 0 Å². The Bertz CT molecular complexity index is 1280. The minimum Gasteiger partial charge on any atom is -0.490 e. The second-order valence-corrected chi connectivity index (χ2v) is 11.3. The average Bonchev–Trinajstić information content (AvgIpc) is 2.89. The summed E-state index contributed by atoms with van der Waals surface area (Å²) in [5.74, 6) is 0.856. The number of ether oxygens (including phenoxy) is 2. The monoisotopic (exact) mass is 595 g/mol. The molecule has 0 radical (unpaired) electrons. The fraction of sp³-hybridized carbons (Fsp3) is 0.344. The molecule has 0 aliphatic heterocycles. The Labute approximate surface area is 239 Å². The van der Waals surface area contributed by atoms with Crippen LogP contribution in [0.1, 0.15) is 56.2 Å². The SMILES string of the molecule is C=C(C)c1cccc(-c2cc(OC3CCC(OCc4ccc(Cl)cc4Br)CC3)ccc2CCNC(C)=O)c1. The summed E-state index contributed by atoms with van der Waals surface area (Å²) >= 11 is 9.62. The van der Waals surface area contributed by atoms with Crippen LogP contribution in [0.4, 0.5) is 0 Å². The Morgan fingerprint density at radius 2 is 1.74 bits per heavy atom. The molecule has 0 bridgehead atoms. The molecule has 1 aliphatic rings. The summed E-state index contributed by atoms with van der Waals surface area (Å²) in [5.41, 5.74) is 6.68. The van der Waals surface area contributed by atoms with Gasteiger partial charge in [-0.1, -0.05) is 70.0 Å². The highest BCUT2D eigenvalue weighted by Gasteiger charge is 2.23. The highest BCUT2D eigenvalue weighted by Crippen LogP contribution is 2.33. The first-order chi connectivity index (χ1) is 18.3. The van der Waals surface area contributed by atoms with Crippen molar-refractivity contribution in [2.75, 3.05) is 6.54 Å². The van der Waals surface area contributed by atoms with Gasteiger partial charge in [0.15, 0.2) is 0 Å². The maximum atomic E-state index is 11.4. The van der Waals surface area contributed by atoms with Gasteiger partial charge in [-0.2, -0.15) is 0 Å². The highest BCUT2D eigenvalue weighted by molar-refractivity contribution is 9.10. The maximum Gasteiger partial charge on any atom is 0.216 e. The van der Waals surface area contributed by atoms with Gasteiger partial charge in [0, 0.05) is 23.0 Å². The molecule has 0 heterocycles. The van der Waals surface area contributed by atoms with Crippen LogP contribution >= 0.6 is 27.5 Å². The summed E-state index contributed by atoms with van der Waals surface area (Å²) in [4.78, 5) is 11.4. The molecule has 4 rings (SSSR count). The van der Waals surface area contributed by atoms with Gasteiger partial charge in [0.25, 0.3) is 0 Å². The Morgan fingerprint density at radius 3 is 2.45 bits per heavy atom. The average molecular weight is 597 g/mol. The number of carbonyl (C=O) groups excluding carboxylic acids is 1. The molecule has 1 amide bonds. The number of nitrogens with one attached hydrogen (secondary N) is 1. The third kappa shape index (κ3) is 7.95. The van der Waals surface area contributed by atoms with Gasteiger partial charge < -0.3 is 14.8 Å². The van der Waals surface area contributed by atoms with E-state index in [2.05, 4.69) is 70.3 Å². The summed E-state index contributed by atoms with van der Waals surface area (Å²) in [6, 6.07) is 20.5. The van der Waals surface area contributed by atoms with Gasteiger partial charge in [-0.3, -0.25) is 4.79 Å². The third-order valence-corrected chi connectivity index (χ3v) is 7.90. The lowest BCUT2D eigenvalue weighted by Gasteiger charge is -2.29. The van der Waals surface area contributed by atoms with Crippen molar-refractivity contribution in [3.8, 4) is 16.9 Å². The molecule has 3 aromatic carbocycles. The van der Waals surface area contributed by atoms with Crippen molar-refractivity contribution < 1.29 is 14.3 Å². The fourth-order valence-corrected chi connectivity index (χ4v) is 5.59. The van der Waals surface area contributed by atoms with Gasteiger partial charge >= 0.3 is 0 Å². The van der Waals surface area contributed by atoms with E-state index in [0.29, 0.717) is 18.2 Å². The van der Waals surface area contributed by atoms with Crippen LogP contribution in [0.25, 0.3) is 16.7 Å². The van der Waals surface area contributed by atoms with Crippen molar-refractivity contribution in [1.29, 1.82) is 0 Å². The third-order valence-electron chi connectivity index (χ3n) is 6.93. The summed E-state index contributed by atoms with van der Waals surface area (Å²) in [5, 5.41) is 3.62. The van der Waals surface area contributed by atoms with Gasteiger partial charge in [-0.25, -0.2) is 0 Å². The predicted octanol–water partition coefficient (Wildman–Crippen LogP) is 8.39. The van der Waals surface area contributed by atoms with Crippen molar-refractivity contribution in [1.82, 2.24) is 5.32 Å². The molecule has 4 nitrogen and oxygen atoms in total. The molecule has 0 aromatic heterocycles. The molecule has 6 heteroatoms. The van der Waals surface area contributed by atoms with Crippen LogP contribution in [0.5, 0.6) is 5.75 Å². The lowest BCUT2D eigenvalue weighted by Crippen LogP contribution is -2.28. The molecular weight excluding hydrogens is 562 g/mol. The zero-order valence-corrected chi connectivity index (χ0v) is 24.4. The zero-order valence-electron chi connectivity index (χ0n) is 22.1. The summed E-state index contributed by atoms with van der Waals surface area (Å²) < 4.78 is 13.7. The van der Waals surface area contributed by atoms with E-state index in [9.17, 15) is 4.79 Å². The quantitative estimate of drug-likeness (QED) is 0.256. The molecule has 0 atom stereocenters. The number of hydrogen-bond acceptors (Lipinski definition) is 3. The van der Waals surface area contributed by atoms with Crippen LogP contribution < -0.4 is 10.1 Å². The topological polar surface area (TPSA) is 47.6 Å². The van der Waals surface area contributed by atoms with Crippen LogP contribution in [0.2, 0.25) is 5.02 Å². The maximum absolute atomic E-state index is 11.4. The standard InChI is InChI=1S/C32H35BrClNO3/c1-21(2)24-5-4-6-25(17-24)31-19-30(10-8-23(31)15-16-35-22(3)36)38-29-13-11-28(12-14-29)37-20-26-7-9-27(34)18-32(26)33/h4-10,17-19,28-29H,1,11-16,20H2,2-3H3,(H,35,36). The van der Waals surface area contributed by atoms with Crippen LogP contribution in [-0.2, 0) is 22.6 Å². The van der Waals surface area contributed by atoms with E-state index < -0.39 is 0 Å². The number of amides is 1. The largest absolute Gasteiger partial charge is 0.490 e. The molecule has 38 heavy (non-hydrogen) atoms. The molecule has 1 saturated carbocycles. The minimum atomic E-state index is -0.0174. The zero-order chi connectivity index (χ0) is 27.1. The Morgan fingerprint density at radius 1 is 1.00 bits per heavy atom. The summed E-state index contributed by atoms with van der Waals surface area (Å²) in [6.45, 7) is 8.83. The molecule has 0 saturated heterocycles. The lowest BCUT2D eigenvalue weighted by atomic mass is 9.93. The van der Waals surface area contributed by atoms with E-state index in [1.165, 1.54) is 5.56 Å². The van der Waals surface area contributed by atoms with Gasteiger partial charge in [0.2, 0.25) is 5.91 Å². The number of benzene rings is 3. The minimum absolute atomic E-state index is 0.0174. The van der Waals surface area contributed by atoms with Crippen LogP contribution in [0.3, 0.4) is 0 Å². The molecule has 0 unspecified atom stereocenters. The normalized spacial score (nSPS) is 17.2. The van der Waals surface area contributed by atoms with Crippen LogP contribution in [0.15, 0.2) is 71.7 Å². The van der Waals surface area contributed by atoms with E-state index in [0.717, 1.165) is 70.2 Å². The molecule has 1 fully saturated rings. The highest BCUT2D eigenvalue weighted by atomic mass is 79.9. The summed E-state index contributed by atoms with van der Waals surface area (Å²) in [6.07, 6.45) is 5.00. The van der Waals surface area contributed by atoms with Crippen molar-refractivity contribution in [2.24, 2.45) is 0 Å². The van der Waals surface area contributed by atoms with E-state index in [1.54, 1.807) is 6.92 Å². The Balaban J connectivity index is 1.40. The molecule has 1 aliphatic carbocycles. The number of rotatable bonds is 10. The fourth-order valence-electron chi connectivity index (χ4n) is 4.80. The number of halogens is 2. The van der Waals surface area contributed by atoms with Crippen LogP contribution in [-0.4, -0.2) is 24.7 Å². The molecule has 0 spiro atoms. The first kappa shape index (κ1) is 28.4. The van der Waals surface area contributed by atoms with E-state index >= 15 is 0 Å². The number of hydrogen-bond donors (Lipinski definition) is 1. The Kier molecular flexibility index (Phi) is 10.1. The van der Waals surface area contributed by atoms with Crippen molar-refractivity contribution in [3.05, 3.63) is 93.4 Å². The van der Waals surface area contributed by atoms with Crippen molar-refractivity contribution in [3.63, 3.8) is 0 Å². The molecule has 3 aromatic rings. The van der Waals surface area contributed by atoms with Gasteiger partial charge in [0.1, 0.15) is 5.75 Å². The first-order valence-electron chi connectivity index (χ1n) is 13.1. The van der Waals surface area contributed by atoms with Gasteiger partial charge in [0.05, 0.1) is 18.8 Å². The Hall–Kier alpha value is -2.60. The lowest BCUT2D eigenvalue weighted by molar-refractivity contribution is -0.118. The van der Waals surface area contributed by atoms with Crippen molar-refractivity contribution >= 4 is 39.0 Å². The molecular formula is C32H35BrClNO3. The van der Waals surface area contributed by atoms with Crippen LogP contribution in [0, 0.1) is 0 Å². The first-order valence-corrected chi connectivity index (χ1v) is 14.3. The van der Waals surface area contributed by atoms with Crippen molar-refractivity contribution in [2.45, 2.75) is 64.8 Å². The predicted molar refractivity (Wildman–Crippen MR) is 160 cm³/mol. The second kappa shape index (κ2) is 13.5. The van der Waals surface area contributed by atoms with E-state index in [4.69, 9.17) is 21.1 Å². The molecule has 200 valence electrons. The van der Waals surface area contributed by atoms with E-state index in [1.807, 2.05) is 25.1 Å². The van der Waals surface area contributed by atoms with Gasteiger partial charge in [-0.05, 0) is 97.2 Å². The summed E-state index contributed by atoms with van der Waals surface area (Å²) in [7, 11) is 0. The smallest absolute Gasteiger partial charge is 0.216 e. The second-order valence-electron chi connectivity index (χ2n) is 9.98. The molecule has 1 N–H and O–H groups in total. The van der Waals surface area contributed by atoms with E-state index in [-0.39, 0.29) is 18.1 Å². The number of allylic oxidation sites excluding steroid dienone is 1. The number of carbonyl (C=O) groups is 1.